The molecule has 1 aliphatic carbocycles. The van der Waals surface area contributed by atoms with E-state index >= 15 is 0 Å². The van der Waals surface area contributed by atoms with Gasteiger partial charge in [-0.1, -0.05) is 31.2 Å². The average molecular weight is 439 g/mol. The maximum absolute atomic E-state index is 14.3. The van der Waals surface area contributed by atoms with Crippen molar-refractivity contribution in [2.75, 3.05) is 50.7 Å². The zero-order valence-corrected chi connectivity index (χ0v) is 19.3. The first-order valence-corrected chi connectivity index (χ1v) is 11.8. The Bertz CT molecular complexity index is 901. The molecule has 172 valence electrons. The number of nitrogens with one attached hydrogen (secondary N) is 2. The fourth-order valence-electron chi connectivity index (χ4n) is 4.34. The number of likely N-dealkylation sites (N-methyl/N-ethyl adjacent to an activating group) is 1. The van der Waals surface area contributed by atoms with E-state index in [9.17, 15) is 4.39 Å². The maximum Gasteiger partial charge on any atom is 0.191 e. The normalized spacial score (nSPS) is 18.5. The number of guanidine groups is 1. The van der Waals surface area contributed by atoms with Crippen LogP contribution in [0, 0.1) is 5.82 Å². The van der Waals surface area contributed by atoms with Gasteiger partial charge in [0.2, 0.25) is 0 Å². The van der Waals surface area contributed by atoms with Crippen molar-refractivity contribution in [1.29, 1.82) is 0 Å². The van der Waals surface area contributed by atoms with Gasteiger partial charge in [0.1, 0.15) is 11.6 Å². The van der Waals surface area contributed by atoms with E-state index in [-0.39, 0.29) is 11.2 Å². The van der Waals surface area contributed by atoms with Crippen LogP contribution in [0.3, 0.4) is 0 Å². The highest BCUT2D eigenvalue weighted by molar-refractivity contribution is 5.80. The Kier molecular flexibility index (Phi) is 7.25. The van der Waals surface area contributed by atoms with Gasteiger partial charge < -0.3 is 20.4 Å². The minimum absolute atomic E-state index is 0.115. The van der Waals surface area contributed by atoms with E-state index in [2.05, 4.69) is 51.4 Å². The fourth-order valence-corrected chi connectivity index (χ4v) is 4.34. The average Bonchev–Trinajstić information content (AvgIpc) is 3.62. The van der Waals surface area contributed by atoms with E-state index in [1.807, 2.05) is 18.3 Å². The number of rotatable bonds is 8. The second kappa shape index (κ2) is 10.3. The fraction of sp³-hybridized carbons (Fsp3) is 0.520. The summed E-state index contributed by atoms with van der Waals surface area (Å²) in [6.45, 7) is 11.6. The van der Waals surface area contributed by atoms with Crippen molar-refractivity contribution in [2.45, 2.75) is 38.6 Å². The van der Waals surface area contributed by atoms with Crippen molar-refractivity contribution in [3.8, 4) is 0 Å². The molecule has 2 N–H and O–H groups in total. The van der Waals surface area contributed by atoms with E-state index in [4.69, 9.17) is 4.99 Å². The molecular weight excluding hydrogens is 403 g/mol. The summed E-state index contributed by atoms with van der Waals surface area (Å²) in [4.78, 5) is 14.2. The van der Waals surface area contributed by atoms with Crippen molar-refractivity contribution in [2.24, 2.45) is 4.99 Å². The molecule has 1 aliphatic heterocycles. The third-order valence-corrected chi connectivity index (χ3v) is 6.61. The number of hydrogen-bond donors (Lipinski definition) is 2. The van der Waals surface area contributed by atoms with Gasteiger partial charge in [-0.05, 0) is 49.6 Å². The molecule has 32 heavy (non-hydrogen) atoms. The second-order valence-electron chi connectivity index (χ2n) is 8.75. The van der Waals surface area contributed by atoms with E-state index in [0.29, 0.717) is 13.1 Å². The Morgan fingerprint density at radius 1 is 1.06 bits per heavy atom. The van der Waals surface area contributed by atoms with Gasteiger partial charge in [-0.2, -0.15) is 0 Å². The first kappa shape index (κ1) is 22.5. The zero-order chi connectivity index (χ0) is 22.4. The quantitative estimate of drug-likeness (QED) is 0.490. The molecule has 7 heteroatoms. The number of hydrogen-bond acceptors (Lipinski definition) is 4. The van der Waals surface area contributed by atoms with Crippen molar-refractivity contribution in [3.63, 3.8) is 0 Å². The van der Waals surface area contributed by atoms with Crippen LogP contribution < -0.4 is 15.5 Å². The molecule has 4 rings (SSSR count). The predicted molar refractivity (Wildman–Crippen MR) is 129 cm³/mol. The number of halogens is 1. The Morgan fingerprint density at radius 3 is 2.47 bits per heavy atom. The monoisotopic (exact) mass is 438 g/mol. The number of anilines is 1. The standard InChI is InChI=1S/C25H35FN6/c1-3-27-24(30-19-25(11-12-25)21-7-5-6-8-22(21)26)29-18-20-9-10-23(28-17-20)32-15-13-31(4-2)14-16-32/h5-10,17H,3-4,11-16,18-19H2,1-2H3,(H2,27,29,30). The highest BCUT2D eigenvalue weighted by Gasteiger charge is 2.45. The van der Waals surface area contributed by atoms with Crippen molar-refractivity contribution in [3.05, 3.63) is 59.5 Å². The highest BCUT2D eigenvalue weighted by atomic mass is 19.1. The van der Waals surface area contributed by atoms with Gasteiger partial charge in [-0.15, -0.1) is 0 Å². The van der Waals surface area contributed by atoms with Gasteiger partial charge in [0.25, 0.3) is 0 Å². The molecule has 2 heterocycles. The van der Waals surface area contributed by atoms with Gasteiger partial charge >= 0.3 is 0 Å². The van der Waals surface area contributed by atoms with Crippen LogP contribution in [-0.4, -0.2) is 61.7 Å². The van der Waals surface area contributed by atoms with Crippen LogP contribution in [0.5, 0.6) is 0 Å². The van der Waals surface area contributed by atoms with Crippen LogP contribution >= 0.6 is 0 Å². The van der Waals surface area contributed by atoms with Crippen LogP contribution in [-0.2, 0) is 12.0 Å². The molecule has 1 aromatic carbocycles. The van der Waals surface area contributed by atoms with Gasteiger partial charge in [0.15, 0.2) is 5.96 Å². The highest BCUT2D eigenvalue weighted by Crippen LogP contribution is 2.48. The third-order valence-electron chi connectivity index (χ3n) is 6.61. The van der Waals surface area contributed by atoms with Gasteiger partial charge in [-0.25, -0.2) is 14.4 Å². The Labute approximate surface area is 190 Å². The van der Waals surface area contributed by atoms with Crippen LogP contribution in [0.4, 0.5) is 10.2 Å². The molecule has 0 spiro atoms. The summed E-state index contributed by atoms with van der Waals surface area (Å²) < 4.78 is 14.3. The number of aromatic nitrogens is 1. The van der Waals surface area contributed by atoms with Crippen LogP contribution in [0.25, 0.3) is 0 Å². The van der Waals surface area contributed by atoms with E-state index in [1.54, 1.807) is 12.1 Å². The smallest absolute Gasteiger partial charge is 0.191 e. The summed E-state index contributed by atoms with van der Waals surface area (Å²) in [6.07, 6.45) is 3.92. The Hall–Kier alpha value is -2.67. The molecule has 1 saturated heterocycles. The molecule has 0 unspecified atom stereocenters. The topological polar surface area (TPSA) is 55.8 Å². The molecule has 0 amide bonds. The molecule has 2 aromatic rings. The van der Waals surface area contributed by atoms with Crippen LogP contribution in [0.2, 0.25) is 0 Å². The minimum atomic E-state index is -0.119. The largest absolute Gasteiger partial charge is 0.357 e. The number of piperazine rings is 1. The molecule has 0 atom stereocenters. The first-order chi connectivity index (χ1) is 15.6. The number of aliphatic imine (C=N–C) groups is 1. The zero-order valence-electron chi connectivity index (χ0n) is 19.3. The number of benzene rings is 1. The number of pyridine rings is 1. The summed E-state index contributed by atoms with van der Waals surface area (Å²) >= 11 is 0. The first-order valence-electron chi connectivity index (χ1n) is 11.8. The van der Waals surface area contributed by atoms with Crippen LogP contribution in [0.15, 0.2) is 47.6 Å². The van der Waals surface area contributed by atoms with Crippen molar-refractivity contribution in [1.82, 2.24) is 20.5 Å². The number of nitrogens with zero attached hydrogens (tertiary/aromatic N) is 4. The van der Waals surface area contributed by atoms with Crippen molar-refractivity contribution < 1.29 is 4.39 Å². The Balaban J connectivity index is 1.34. The summed E-state index contributed by atoms with van der Waals surface area (Å²) in [7, 11) is 0. The van der Waals surface area contributed by atoms with Crippen molar-refractivity contribution >= 4 is 11.8 Å². The molecule has 1 saturated carbocycles. The second-order valence-corrected chi connectivity index (χ2v) is 8.75. The minimum Gasteiger partial charge on any atom is -0.357 e. The summed E-state index contributed by atoms with van der Waals surface area (Å²) in [5.74, 6) is 1.69. The third kappa shape index (κ3) is 5.38. The SMILES string of the molecule is CCNC(=NCc1ccc(N2CCN(CC)CC2)nc1)NCC1(c2ccccc2F)CC1. The summed E-state index contributed by atoms with van der Waals surface area (Å²) in [5.41, 5.74) is 1.77. The molecule has 1 aromatic heterocycles. The molecular formula is C25H35FN6. The molecule has 0 bridgehead atoms. The lowest BCUT2D eigenvalue weighted by Crippen LogP contribution is -2.46. The lowest BCUT2D eigenvalue weighted by molar-refractivity contribution is 0.270. The summed E-state index contributed by atoms with van der Waals surface area (Å²) in [6, 6.07) is 11.3. The maximum atomic E-state index is 14.3. The van der Waals surface area contributed by atoms with Gasteiger partial charge in [-0.3, -0.25) is 0 Å². The van der Waals surface area contributed by atoms with Crippen LogP contribution in [0.1, 0.15) is 37.8 Å². The predicted octanol–water partition coefficient (Wildman–Crippen LogP) is 3.15. The lowest BCUT2D eigenvalue weighted by atomic mass is 9.95. The molecule has 6 nitrogen and oxygen atoms in total. The Morgan fingerprint density at radius 2 is 1.84 bits per heavy atom. The van der Waals surface area contributed by atoms with E-state index < -0.39 is 0 Å². The van der Waals surface area contributed by atoms with E-state index in [0.717, 1.165) is 75.0 Å². The lowest BCUT2D eigenvalue weighted by Gasteiger charge is -2.34. The van der Waals surface area contributed by atoms with Gasteiger partial charge in [0, 0.05) is 50.9 Å². The van der Waals surface area contributed by atoms with Gasteiger partial charge in [0.05, 0.1) is 6.54 Å². The van der Waals surface area contributed by atoms with E-state index in [1.165, 1.54) is 0 Å². The molecule has 0 radical (unpaired) electrons. The molecule has 2 fully saturated rings. The summed E-state index contributed by atoms with van der Waals surface area (Å²) in [5, 5.41) is 6.73. The molecule has 2 aliphatic rings.